The van der Waals surface area contributed by atoms with Crippen molar-refractivity contribution in [3.8, 4) is 11.3 Å². The van der Waals surface area contributed by atoms with E-state index in [1.54, 1.807) is 11.3 Å². The van der Waals surface area contributed by atoms with Crippen molar-refractivity contribution in [2.75, 3.05) is 13.1 Å². The fraction of sp³-hybridized carbons (Fsp3) is 0.500. The Morgan fingerprint density at radius 3 is 2.82 bits per heavy atom. The van der Waals surface area contributed by atoms with Crippen molar-refractivity contribution in [3.63, 3.8) is 0 Å². The molecule has 5 nitrogen and oxygen atoms in total. The molecule has 0 bridgehead atoms. The van der Waals surface area contributed by atoms with E-state index >= 15 is 0 Å². The number of amides is 1. The summed E-state index contributed by atoms with van der Waals surface area (Å²) in [5.41, 5.74) is 8.49. The summed E-state index contributed by atoms with van der Waals surface area (Å²) in [5, 5.41) is 3.04. The Balaban J connectivity index is 1.67. The number of aryl methyl sites for hydroxylation is 1. The molecule has 6 heteroatoms. The summed E-state index contributed by atoms with van der Waals surface area (Å²) in [6, 6.07) is 2.11. The van der Waals surface area contributed by atoms with Gasteiger partial charge in [-0.15, -0.1) is 11.3 Å². The molecule has 0 aromatic carbocycles. The van der Waals surface area contributed by atoms with Gasteiger partial charge < -0.3 is 15.6 Å². The fourth-order valence-electron chi connectivity index (χ4n) is 2.96. The Labute approximate surface area is 134 Å². The number of thiazole rings is 1. The maximum atomic E-state index is 12.6. The molecule has 0 aliphatic carbocycles. The Morgan fingerprint density at radius 2 is 2.23 bits per heavy atom. The summed E-state index contributed by atoms with van der Waals surface area (Å²) in [7, 11) is 0. The molecule has 1 aliphatic heterocycles. The number of piperidine rings is 1. The van der Waals surface area contributed by atoms with Crippen molar-refractivity contribution in [3.05, 3.63) is 28.3 Å². The van der Waals surface area contributed by atoms with Crippen LogP contribution in [0.5, 0.6) is 0 Å². The minimum atomic E-state index is 0.0707. The molecule has 0 radical (unpaired) electrons. The van der Waals surface area contributed by atoms with Crippen LogP contribution in [0.3, 0.4) is 0 Å². The lowest BCUT2D eigenvalue weighted by molar-refractivity contribution is 0.0676. The number of nitrogens with two attached hydrogens (primary N) is 1. The molecule has 3 heterocycles. The van der Waals surface area contributed by atoms with Gasteiger partial charge in [-0.1, -0.05) is 0 Å². The highest BCUT2D eigenvalue weighted by Gasteiger charge is 2.26. The molecule has 1 unspecified atom stereocenters. The van der Waals surface area contributed by atoms with E-state index < -0.39 is 0 Å². The third-order valence-electron chi connectivity index (χ3n) is 4.40. The molecule has 0 saturated carbocycles. The van der Waals surface area contributed by atoms with Crippen molar-refractivity contribution in [2.24, 2.45) is 11.7 Å². The second-order valence-corrected chi connectivity index (χ2v) is 7.10. The van der Waals surface area contributed by atoms with Gasteiger partial charge in [-0.05, 0) is 38.7 Å². The van der Waals surface area contributed by atoms with E-state index in [4.69, 9.17) is 5.73 Å². The van der Waals surface area contributed by atoms with Gasteiger partial charge in [0.25, 0.3) is 5.91 Å². The Morgan fingerprint density at radius 1 is 1.50 bits per heavy atom. The lowest BCUT2D eigenvalue weighted by atomic mass is 9.91. The van der Waals surface area contributed by atoms with Crippen LogP contribution in [0.25, 0.3) is 11.3 Å². The third kappa shape index (κ3) is 3.08. The Bertz CT molecular complexity index is 653. The number of carbonyl (C=O) groups excluding carboxylic acids is 1. The van der Waals surface area contributed by atoms with Gasteiger partial charge in [0.15, 0.2) is 0 Å². The topological polar surface area (TPSA) is 75.0 Å². The number of carbonyl (C=O) groups is 1. The van der Waals surface area contributed by atoms with Crippen LogP contribution in [0.2, 0.25) is 0 Å². The highest BCUT2D eigenvalue weighted by molar-refractivity contribution is 7.09. The van der Waals surface area contributed by atoms with Gasteiger partial charge in [0.2, 0.25) is 0 Å². The standard InChI is InChI=1S/C16H22N4OS/c1-10(17)12-3-5-20(6-4-12)16(21)14-7-13(8-18-14)15-9-22-11(2)19-15/h7-10,12,18H,3-6,17H2,1-2H3. The van der Waals surface area contributed by atoms with E-state index in [0.29, 0.717) is 11.6 Å². The minimum absolute atomic E-state index is 0.0707. The monoisotopic (exact) mass is 318 g/mol. The first-order valence-electron chi connectivity index (χ1n) is 7.70. The zero-order chi connectivity index (χ0) is 15.7. The van der Waals surface area contributed by atoms with Gasteiger partial charge in [-0.25, -0.2) is 4.98 Å². The molecule has 1 aliphatic rings. The molecule has 1 amide bonds. The zero-order valence-electron chi connectivity index (χ0n) is 13.0. The van der Waals surface area contributed by atoms with E-state index in [1.165, 1.54) is 0 Å². The third-order valence-corrected chi connectivity index (χ3v) is 5.17. The largest absolute Gasteiger partial charge is 0.357 e. The summed E-state index contributed by atoms with van der Waals surface area (Å²) in [6.07, 6.45) is 3.83. The molecule has 2 aromatic rings. The molecule has 0 spiro atoms. The number of nitrogens with zero attached hydrogens (tertiary/aromatic N) is 2. The van der Waals surface area contributed by atoms with Crippen molar-refractivity contribution in [1.29, 1.82) is 0 Å². The van der Waals surface area contributed by atoms with E-state index in [-0.39, 0.29) is 11.9 Å². The summed E-state index contributed by atoms with van der Waals surface area (Å²) in [4.78, 5) is 22.0. The van der Waals surface area contributed by atoms with Crippen LogP contribution in [-0.2, 0) is 0 Å². The lowest BCUT2D eigenvalue weighted by Crippen LogP contribution is -2.42. The molecule has 22 heavy (non-hydrogen) atoms. The molecule has 3 N–H and O–H groups in total. The van der Waals surface area contributed by atoms with E-state index in [1.807, 2.05) is 29.5 Å². The van der Waals surface area contributed by atoms with Gasteiger partial charge >= 0.3 is 0 Å². The van der Waals surface area contributed by atoms with Crippen LogP contribution in [-0.4, -0.2) is 39.9 Å². The molecule has 1 atom stereocenters. The molecule has 3 rings (SSSR count). The van der Waals surface area contributed by atoms with Gasteiger partial charge in [0.05, 0.1) is 10.7 Å². The number of aromatic nitrogens is 2. The van der Waals surface area contributed by atoms with Gasteiger partial charge in [-0.2, -0.15) is 0 Å². The fourth-order valence-corrected chi connectivity index (χ4v) is 3.58. The molecular formula is C16H22N4OS. The highest BCUT2D eigenvalue weighted by atomic mass is 32.1. The smallest absolute Gasteiger partial charge is 0.270 e. The van der Waals surface area contributed by atoms with Crippen LogP contribution in [0.15, 0.2) is 17.6 Å². The van der Waals surface area contributed by atoms with Gasteiger partial charge in [0.1, 0.15) is 5.69 Å². The maximum absolute atomic E-state index is 12.6. The van der Waals surface area contributed by atoms with Gasteiger partial charge in [0, 0.05) is 36.3 Å². The first kappa shape index (κ1) is 15.2. The number of nitrogens with one attached hydrogen (secondary N) is 1. The maximum Gasteiger partial charge on any atom is 0.270 e. The van der Waals surface area contributed by atoms with E-state index in [9.17, 15) is 4.79 Å². The quantitative estimate of drug-likeness (QED) is 0.913. The normalized spacial score (nSPS) is 17.7. The van der Waals surface area contributed by atoms with E-state index in [2.05, 4.69) is 16.9 Å². The second kappa shape index (κ2) is 6.22. The predicted molar refractivity (Wildman–Crippen MR) is 88.9 cm³/mol. The highest BCUT2D eigenvalue weighted by Crippen LogP contribution is 2.24. The number of likely N-dealkylation sites (tertiary alicyclic amines) is 1. The number of H-pyrrole nitrogens is 1. The Hall–Kier alpha value is -1.66. The predicted octanol–water partition coefficient (Wildman–Crippen LogP) is 2.65. The summed E-state index contributed by atoms with van der Waals surface area (Å²) in [5.74, 6) is 0.600. The van der Waals surface area contributed by atoms with Crippen molar-refractivity contribution in [1.82, 2.24) is 14.9 Å². The van der Waals surface area contributed by atoms with Crippen LogP contribution >= 0.6 is 11.3 Å². The van der Waals surface area contributed by atoms with Crippen LogP contribution < -0.4 is 5.73 Å². The summed E-state index contributed by atoms with van der Waals surface area (Å²) in [6.45, 7) is 5.61. The number of aromatic amines is 1. The van der Waals surface area contributed by atoms with Crippen molar-refractivity contribution >= 4 is 17.2 Å². The number of rotatable bonds is 3. The SMILES string of the molecule is Cc1nc(-c2c[nH]c(C(=O)N3CCC(C(C)N)CC3)c2)cs1. The average Bonchev–Trinajstić information content (AvgIpc) is 3.15. The van der Waals surface area contributed by atoms with Crippen molar-refractivity contribution < 1.29 is 4.79 Å². The van der Waals surface area contributed by atoms with Crippen LogP contribution in [0.4, 0.5) is 0 Å². The molecule has 118 valence electrons. The summed E-state index contributed by atoms with van der Waals surface area (Å²) >= 11 is 1.62. The first-order valence-corrected chi connectivity index (χ1v) is 8.58. The second-order valence-electron chi connectivity index (χ2n) is 6.04. The summed E-state index contributed by atoms with van der Waals surface area (Å²) < 4.78 is 0. The molecule has 1 saturated heterocycles. The molecule has 1 fully saturated rings. The number of hydrogen-bond acceptors (Lipinski definition) is 4. The first-order chi connectivity index (χ1) is 10.5. The minimum Gasteiger partial charge on any atom is -0.357 e. The molecular weight excluding hydrogens is 296 g/mol. The average molecular weight is 318 g/mol. The molecule has 2 aromatic heterocycles. The van der Waals surface area contributed by atoms with E-state index in [0.717, 1.165) is 42.2 Å². The number of hydrogen-bond donors (Lipinski definition) is 2. The zero-order valence-corrected chi connectivity index (χ0v) is 13.8. The van der Waals surface area contributed by atoms with Crippen LogP contribution in [0.1, 0.15) is 35.3 Å². The lowest BCUT2D eigenvalue weighted by Gasteiger charge is -2.33. The van der Waals surface area contributed by atoms with Crippen molar-refractivity contribution in [2.45, 2.75) is 32.7 Å². The Kier molecular flexibility index (Phi) is 4.31. The van der Waals surface area contributed by atoms with Gasteiger partial charge in [-0.3, -0.25) is 4.79 Å². The van der Waals surface area contributed by atoms with Crippen LogP contribution in [0, 0.1) is 12.8 Å².